The summed E-state index contributed by atoms with van der Waals surface area (Å²) in [5.74, 6) is 0.612. The van der Waals surface area contributed by atoms with E-state index in [1.54, 1.807) is 11.0 Å². The van der Waals surface area contributed by atoms with E-state index in [1.807, 2.05) is 6.92 Å². The van der Waals surface area contributed by atoms with Crippen molar-refractivity contribution in [3.05, 3.63) is 23.7 Å². The maximum atomic E-state index is 12.5. The zero-order valence-corrected chi connectivity index (χ0v) is 13.1. The van der Waals surface area contributed by atoms with Crippen molar-refractivity contribution >= 4 is 16.1 Å². The van der Waals surface area contributed by atoms with E-state index in [1.165, 1.54) is 17.6 Å². The van der Waals surface area contributed by atoms with Crippen molar-refractivity contribution in [2.45, 2.75) is 19.8 Å². The van der Waals surface area contributed by atoms with Crippen molar-refractivity contribution in [2.75, 3.05) is 33.2 Å². The first-order valence-electron chi connectivity index (χ1n) is 7.04. The van der Waals surface area contributed by atoms with Crippen molar-refractivity contribution in [1.29, 1.82) is 0 Å². The van der Waals surface area contributed by atoms with Crippen LogP contribution in [0.1, 0.15) is 29.5 Å². The van der Waals surface area contributed by atoms with Gasteiger partial charge in [0, 0.05) is 39.6 Å². The molecule has 1 aliphatic rings. The van der Waals surface area contributed by atoms with Crippen LogP contribution in [-0.2, 0) is 16.6 Å². The number of hydrogen-bond acceptors (Lipinski definition) is 4. The molecule has 0 radical (unpaired) electrons. The van der Waals surface area contributed by atoms with E-state index < -0.39 is 10.2 Å². The molecule has 7 nitrogen and oxygen atoms in total. The summed E-state index contributed by atoms with van der Waals surface area (Å²) < 4.78 is 32.4. The van der Waals surface area contributed by atoms with Gasteiger partial charge in [-0.25, -0.2) is 4.72 Å². The molecule has 0 atom stereocenters. The number of piperazine rings is 1. The van der Waals surface area contributed by atoms with E-state index in [-0.39, 0.29) is 5.91 Å². The quantitative estimate of drug-likeness (QED) is 0.855. The Morgan fingerprint density at radius 3 is 2.57 bits per heavy atom. The predicted octanol–water partition coefficient (Wildman–Crippen LogP) is 0.454. The molecule has 2 rings (SSSR count). The van der Waals surface area contributed by atoms with E-state index in [9.17, 15) is 13.2 Å². The summed E-state index contributed by atoms with van der Waals surface area (Å²) in [6.07, 6.45) is 3.16. The van der Waals surface area contributed by atoms with E-state index >= 15 is 0 Å². The molecule has 0 saturated carbocycles. The molecule has 0 bridgehead atoms. The van der Waals surface area contributed by atoms with E-state index in [0.717, 1.165) is 12.8 Å². The maximum Gasteiger partial charge on any atom is 0.279 e. The Morgan fingerprint density at radius 1 is 1.33 bits per heavy atom. The zero-order chi connectivity index (χ0) is 15.5. The minimum Gasteiger partial charge on any atom is -0.469 e. The number of carbonyl (C=O) groups excluding carboxylic acids is 1. The maximum absolute atomic E-state index is 12.5. The van der Waals surface area contributed by atoms with Gasteiger partial charge in [-0.3, -0.25) is 4.79 Å². The van der Waals surface area contributed by atoms with Crippen LogP contribution in [-0.4, -0.2) is 56.8 Å². The largest absolute Gasteiger partial charge is 0.469 e. The van der Waals surface area contributed by atoms with Crippen LogP contribution in [0.3, 0.4) is 0 Å². The molecule has 0 unspecified atom stereocenters. The second-order valence-corrected chi connectivity index (χ2v) is 6.78. The van der Waals surface area contributed by atoms with Gasteiger partial charge in [0.25, 0.3) is 16.1 Å². The smallest absolute Gasteiger partial charge is 0.279 e. The number of furan rings is 1. The fraction of sp³-hybridized carbons (Fsp3) is 0.615. The summed E-state index contributed by atoms with van der Waals surface area (Å²) in [7, 11) is -2.03. The van der Waals surface area contributed by atoms with Crippen LogP contribution < -0.4 is 4.72 Å². The van der Waals surface area contributed by atoms with Gasteiger partial charge in [0.1, 0.15) is 5.76 Å². The highest BCUT2D eigenvalue weighted by molar-refractivity contribution is 7.87. The Kier molecular flexibility index (Phi) is 5.02. The molecule has 8 heteroatoms. The third kappa shape index (κ3) is 3.45. The Morgan fingerprint density at radius 2 is 2.00 bits per heavy atom. The number of hydrogen-bond donors (Lipinski definition) is 1. The van der Waals surface area contributed by atoms with Gasteiger partial charge in [-0.15, -0.1) is 0 Å². The number of nitrogens with zero attached hydrogens (tertiary/aromatic N) is 2. The summed E-state index contributed by atoms with van der Waals surface area (Å²) in [4.78, 5) is 14.1. The van der Waals surface area contributed by atoms with Gasteiger partial charge in [-0.05, 0) is 12.5 Å². The minimum atomic E-state index is -3.41. The van der Waals surface area contributed by atoms with Gasteiger partial charge in [-0.2, -0.15) is 12.7 Å². The Labute approximate surface area is 125 Å². The van der Waals surface area contributed by atoms with Crippen LogP contribution in [0, 0.1) is 0 Å². The lowest BCUT2D eigenvalue weighted by molar-refractivity contribution is 0.0695. The normalized spacial score (nSPS) is 17.1. The molecule has 1 aliphatic heterocycles. The van der Waals surface area contributed by atoms with E-state index in [4.69, 9.17) is 4.42 Å². The number of aryl methyl sites for hydroxylation is 1. The zero-order valence-electron chi connectivity index (χ0n) is 12.3. The average Bonchev–Trinajstić information content (AvgIpc) is 2.95. The summed E-state index contributed by atoms with van der Waals surface area (Å²) in [6, 6.07) is 1.68. The van der Waals surface area contributed by atoms with Gasteiger partial charge in [0.2, 0.25) is 0 Å². The summed E-state index contributed by atoms with van der Waals surface area (Å²) in [5, 5.41) is 0. The van der Waals surface area contributed by atoms with Gasteiger partial charge in [-0.1, -0.05) is 6.92 Å². The minimum absolute atomic E-state index is 0.0892. The van der Waals surface area contributed by atoms with Crippen molar-refractivity contribution in [2.24, 2.45) is 0 Å². The fourth-order valence-corrected chi connectivity index (χ4v) is 3.29. The lowest BCUT2D eigenvalue weighted by atomic mass is 10.1. The van der Waals surface area contributed by atoms with E-state index in [2.05, 4.69) is 4.72 Å². The van der Waals surface area contributed by atoms with Crippen LogP contribution in [0.4, 0.5) is 0 Å². The Hall–Kier alpha value is -1.38. The van der Waals surface area contributed by atoms with Crippen molar-refractivity contribution < 1.29 is 17.6 Å². The third-order valence-corrected chi connectivity index (χ3v) is 5.14. The van der Waals surface area contributed by atoms with Crippen molar-refractivity contribution in [3.63, 3.8) is 0 Å². The lowest BCUT2D eigenvalue weighted by Crippen LogP contribution is -2.52. The second kappa shape index (κ2) is 6.59. The first-order valence-corrected chi connectivity index (χ1v) is 8.48. The SMILES string of the molecule is CCCc1occc1C(=O)N1CCN(S(=O)(=O)NC)CC1. The first kappa shape index (κ1) is 16.0. The van der Waals surface area contributed by atoms with Gasteiger partial charge >= 0.3 is 0 Å². The Balaban J connectivity index is 2.02. The second-order valence-electron chi connectivity index (χ2n) is 4.91. The molecule has 1 fully saturated rings. The molecular formula is C13H21N3O4S. The Bertz CT molecular complexity index is 588. The molecule has 0 aromatic carbocycles. The summed E-state index contributed by atoms with van der Waals surface area (Å²) in [6.45, 7) is 3.40. The molecule has 0 spiro atoms. The van der Waals surface area contributed by atoms with Crippen molar-refractivity contribution in [3.8, 4) is 0 Å². The topological polar surface area (TPSA) is 82.9 Å². The van der Waals surface area contributed by atoms with Crippen molar-refractivity contribution in [1.82, 2.24) is 13.9 Å². The van der Waals surface area contributed by atoms with Crippen LogP contribution in [0.15, 0.2) is 16.7 Å². The monoisotopic (exact) mass is 315 g/mol. The highest BCUT2D eigenvalue weighted by Gasteiger charge is 2.29. The molecule has 0 aliphatic carbocycles. The predicted molar refractivity (Wildman–Crippen MR) is 78.2 cm³/mol. The number of nitrogens with one attached hydrogen (secondary N) is 1. The highest BCUT2D eigenvalue weighted by Crippen LogP contribution is 2.17. The van der Waals surface area contributed by atoms with Crippen LogP contribution >= 0.6 is 0 Å². The molecule has 1 aromatic rings. The fourth-order valence-electron chi connectivity index (χ4n) is 2.38. The number of carbonyl (C=O) groups is 1. The van der Waals surface area contributed by atoms with Gasteiger partial charge in [0.15, 0.2) is 0 Å². The highest BCUT2D eigenvalue weighted by atomic mass is 32.2. The average molecular weight is 315 g/mol. The van der Waals surface area contributed by atoms with Crippen LogP contribution in [0.2, 0.25) is 0 Å². The molecule has 1 amide bonds. The number of amides is 1. The van der Waals surface area contributed by atoms with Crippen LogP contribution in [0.25, 0.3) is 0 Å². The molecular weight excluding hydrogens is 294 g/mol. The third-order valence-electron chi connectivity index (χ3n) is 3.58. The molecule has 118 valence electrons. The first-order chi connectivity index (χ1) is 9.99. The van der Waals surface area contributed by atoms with Gasteiger partial charge < -0.3 is 9.32 Å². The molecule has 21 heavy (non-hydrogen) atoms. The molecule has 2 heterocycles. The standard InChI is InChI=1S/C13H21N3O4S/c1-3-4-12-11(5-10-20-12)13(17)15-6-8-16(9-7-15)21(18,19)14-2/h5,10,14H,3-4,6-9H2,1-2H3. The number of rotatable bonds is 5. The van der Waals surface area contributed by atoms with Gasteiger partial charge in [0.05, 0.1) is 11.8 Å². The molecule has 1 aromatic heterocycles. The summed E-state index contributed by atoms with van der Waals surface area (Å²) in [5.41, 5.74) is 0.585. The molecule has 1 N–H and O–H groups in total. The lowest BCUT2D eigenvalue weighted by Gasteiger charge is -2.33. The molecule has 1 saturated heterocycles. The van der Waals surface area contributed by atoms with Crippen LogP contribution in [0.5, 0.6) is 0 Å². The summed E-state index contributed by atoms with van der Waals surface area (Å²) >= 11 is 0. The van der Waals surface area contributed by atoms with E-state index in [0.29, 0.717) is 37.5 Å².